The van der Waals surface area contributed by atoms with Crippen LogP contribution in [0.3, 0.4) is 0 Å². The number of benzene rings is 2. The molecule has 1 saturated heterocycles. The van der Waals surface area contributed by atoms with Gasteiger partial charge >= 0.3 is 12.1 Å². The van der Waals surface area contributed by atoms with Gasteiger partial charge in [0.25, 0.3) is 0 Å². The van der Waals surface area contributed by atoms with Gasteiger partial charge in [0.05, 0.1) is 18.4 Å². The Kier molecular flexibility index (Phi) is 10.9. The van der Waals surface area contributed by atoms with Crippen LogP contribution in [-0.2, 0) is 19.1 Å². The van der Waals surface area contributed by atoms with Crippen LogP contribution in [0.1, 0.15) is 62.6 Å². The van der Waals surface area contributed by atoms with Crippen molar-refractivity contribution in [3.05, 3.63) is 78.1 Å². The van der Waals surface area contributed by atoms with Gasteiger partial charge in [0.1, 0.15) is 6.10 Å². The third kappa shape index (κ3) is 7.96. The zero-order valence-corrected chi connectivity index (χ0v) is 28.7. The third-order valence-corrected chi connectivity index (χ3v) is 9.57. The smallest absolute Gasteiger partial charge is 0.451 e. The molecule has 1 aliphatic carbocycles. The third-order valence-electron chi connectivity index (χ3n) is 9.57. The number of carbonyl (C=O) groups excluding carboxylic acids is 3. The summed E-state index contributed by atoms with van der Waals surface area (Å²) in [6.45, 7) is 4.74. The zero-order valence-electron chi connectivity index (χ0n) is 28.7. The molecule has 16 heteroatoms. The molecule has 0 spiro atoms. The van der Waals surface area contributed by atoms with E-state index >= 15 is 0 Å². The SMILES string of the molecule is CCC(=O)N[C@@H]1CCN(c2nc(NCC(c3ccccc3)c3ccccc3)c3ncn([C@@H]4C[C@H](NC(=O)CC)[C@@H](OC(=O)C(F)(F)F)[C@H]4O)c3n2)C1. The molecule has 4 aromatic rings. The topological polar surface area (TPSA) is 164 Å². The van der Waals surface area contributed by atoms with Crippen molar-refractivity contribution < 1.29 is 37.4 Å². The first-order valence-electron chi connectivity index (χ1n) is 17.3. The van der Waals surface area contributed by atoms with Gasteiger partial charge in [0.15, 0.2) is 23.1 Å². The summed E-state index contributed by atoms with van der Waals surface area (Å²) in [6.07, 6.45) is -6.27. The standard InChI is InChI=1S/C36H41F3N8O5/c1-3-27(48)42-23-15-16-46(19-23)35-44-32(40-18-24(21-11-7-5-8-12-21)22-13-9-6-10-14-22)29-33(45-35)47(20-41-29)26-17-25(43-28(49)4-2)31(30(26)50)52-34(51)36(37,38)39/h5-14,20,23-26,30-31,50H,3-4,15-19H2,1-2H3,(H,42,48)(H,43,49)(H,40,44,45)/t23-,25+,26-,30+,31-/m1/s1. The van der Waals surface area contributed by atoms with Crippen molar-refractivity contribution in [3.63, 3.8) is 0 Å². The van der Waals surface area contributed by atoms with Crippen LogP contribution in [0.2, 0.25) is 0 Å². The predicted molar refractivity (Wildman–Crippen MR) is 185 cm³/mol. The van der Waals surface area contributed by atoms with Crippen LogP contribution < -0.4 is 20.9 Å². The minimum absolute atomic E-state index is 0.0271. The van der Waals surface area contributed by atoms with E-state index in [0.29, 0.717) is 49.8 Å². The minimum atomic E-state index is -5.30. The summed E-state index contributed by atoms with van der Waals surface area (Å²) in [5.74, 6) is -2.39. The number of aliphatic hydroxyl groups is 1. The van der Waals surface area contributed by atoms with Gasteiger partial charge in [-0.2, -0.15) is 23.1 Å². The highest BCUT2D eigenvalue weighted by molar-refractivity contribution is 5.85. The lowest BCUT2D eigenvalue weighted by Crippen LogP contribution is -2.47. The molecule has 2 fully saturated rings. The van der Waals surface area contributed by atoms with Crippen molar-refractivity contribution in [3.8, 4) is 0 Å². The molecule has 0 unspecified atom stereocenters. The highest BCUT2D eigenvalue weighted by Crippen LogP contribution is 2.37. The van der Waals surface area contributed by atoms with Crippen molar-refractivity contribution in [1.29, 1.82) is 0 Å². The van der Waals surface area contributed by atoms with Crippen molar-refractivity contribution in [2.24, 2.45) is 0 Å². The van der Waals surface area contributed by atoms with E-state index in [2.05, 4.69) is 20.9 Å². The fourth-order valence-corrected chi connectivity index (χ4v) is 6.86. The van der Waals surface area contributed by atoms with E-state index in [0.717, 1.165) is 11.1 Å². The maximum atomic E-state index is 13.3. The van der Waals surface area contributed by atoms with E-state index in [1.807, 2.05) is 65.6 Å². The zero-order chi connectivity index (χ0) is 37.0. The molecule has 0 radical (unpaired) electrons. The first-order chi connectivity index (χ1) is 25.0. The number of esters is 1. The van der Waals surface area contributed by atoms with Crippen LogP contribution in [0.5, 0.6) is 0 Å². The van der Waals surface area contributed by atoms with Gasteiger partial charge in [0.2, 0.25) is 17.8 Å². The summed E-state index contributed by atoms with van der Waals surface area (Å²) in [5.41, 5.74) is 2.76. The molecule has 2 aliphatic rings. The van der Waals surface area contributed by atoms with Crippen LogP contribution in [0.15, 0.2) is 67.0 Å². The number of anilines is 2. The molecule has 1 saturated carbocycles. The normalized spacial score (nSPS) is 21.8. The number of fused-ring (bicyclic) bond motifs is 1. The van der Waals surface area contributed by atoms with Crippen molar-refractivity contribution in [1.82, 2.24) is 30.2 Å². The summed E-state index contributed by atoms with van der Waals surface area (Å²) in [5, 5.41) is 20.5. The fraction of sp³-hybridized carbons (Fsp3) is 0.444. The molecular weight excluding hydrogens is 681 g/mol. The van der Waals surface area contributed by atoms with E-state index in [-0.39, 0.29) is 36.4 Å². The number of hydrogen-bond donors (Lipinski definition) is 4. The van der Waals surface area contributed by atoms with Gasteiger partial charge in [-0.15, -0.1) is 0 Å². The average molecular weight is 723 g/mol. The van der Waals surface area contributed by atoms with Crippen LogP contribution in [0.4, 0.5) is 24.9 Å². The van der Waals surface area contributed by atoms with Crippen molar-refractivity contribution in [2.45, 2.75) is 82.0 Å². The minimum Gasteiger partial charge on any atom is -0.451 e. The highest BCUT2D eigenvalue weighted by Gasteiger charge is 2.51. The number of amides is 2. The highest BCUT2D eigenvalue weighted by atomic mass is 19.4. The number of nitrogens with one attached hydrogen (secondary N) is 3. The Balaban J connectivity index is 1.37. The summed E-state index contributed by atoms with van der Waals surface area (Å²) in [4.78, 5) is 52.6. The number of carbonyl (C=O) groups is 3. The summed E-state index contributed by atoms with van der Waals surface area (Å²) >= 11 is 0. The number of aliphatic hydroxyl groups excluding tert-OH is 1. The van der Waals surface area contributed by atoms with Gasteiger partial charge in [-0.25, -0.2) is 9.78 Å². The number of halogens is 3. The lowest BCUT2D eigenvalue weighted by atomic mass is 9.91. The van der Waals surface area contributed by atoms with Gasteiger partial charge < -0.3 is 35.3 Å². The van der Waals surface area contributed by atoms with Crippen LogP contribution in [0, 0.1) is 0 Å². The first kappa shape index (κ1) is 36.5. The van der Waals surface area contributed by atoms with E-state index < -0.39 is 42.3 Å². The number of alkyl halides is 3. The Morgan fingerprint density at radius 2 is 1.60 bits per heavy atom. The monoisotopic (exact) mass is 722 g/mol. The number of ether oxygens (including phenoxy) is 1. The molecule has 1 aliphatic heterocycles. The Morgan fingerprint density at radius 1 is 0.962 bits per heavy atom. The molecule has 276 valence electrons. The first-order valence-corrected chi connectivity index (χ1v) is 17.3. The maximum Gasteiger partial charge on any atom is 0.490 e. The van der Waals surface area contributed by atoms with Crippen LogP contribution in [0.25, 0.3) is 11.2 Å². The Bertz CT molecular complexity index is 1840. The number of aromatic nitrogens is 4. The molecule has 2 amide bonds. The molecule has 4 N–H and O–H groups in total. The van der Waals surface area contributed by atoms with Gasteiger partial charge in [-0.1, -0.05) is 74.5 Å². The number of nitrogens with zero attached hydrogens (tertiary/aromatic N) is 5. The summed E-state index contributed by atoms with van der Waals surface area (Å²) in [6, 6.07) is 17.7. The van der Waals surface area contributed by atoms with Gasteiger partial charge in [-0.3, -0.25) is 9.59 Å². The molecular formula is C36H41F3N8O5. The molecule has 2 aromatic carbocycles. The Morgan fingerprint density at radius 3 is 2.21 bits per heavy atom. The second kappa shape index (κ2) is 15.6. The summed E-state index contributed by atoms with van der Waals surface area (Å²) < 4.78 is 46.1. The van der Waals surface area contributed by atoms with Crippen LogP contribution >= 0.6 is 0 Å². The van der Waals surface area contributed by atoms with E-state index in [4.69, 9.17) is 14.7 Å². The van der Waals surface area contributed by atoms with Gasteiger partial charge in [0, 0.05) is 44.4 Å². The largest absolute Gasteiger partial charge is 0.490 e. The number of rotatable bonds is 12. The summed E-state index contributed by atoms with van der Waals surface area (Å²) in [7, 11) is 0. The average Bonchev–Trinajstić information content (AvgIpc) is 3.86. The number of hydrogen-bond acceptors (Lipinski definition) is 10. The molecule has 13 nitrogen and oxygen atoms in total. The fourth-order valence-electron chi connectivity index (χ4n) is 6.86. The van der Waals surface area contributed by atoms with E-state index in [1.54, 1.807) is 13.8 Å². The van der Waals surface area contributed by atoms with Crippen molar-refractivity contribution in [2.75, 3.05) is 29.9 Å². The van der Waals surface area contributed by atoms with Gasteiger partial charge in [-0.05, 0) is 24.0 Å². The van der Waals surface area contributed by atoms with E-state index in [1.165, 1.54) is 10.9 Å². The Labute approximate surface area is 298 Å². The van der Waals surface area contributed by atoms with Crippen LogP contribution in [-0.4, -0.2) is 92.5 Å². The molecule has 6 rings (SSSR count). The predicted octanol–water partition coefficient (Wildman–Crippen LogP) is 3.85. The molecule has 2 aromatic heterocycles. The molecule has 3 heterocycles. The molecule has 0 bridgehead atoms. The quantitative estimate of drug-likeness (QED) is 0.158. The number of imidazole rings is 1. The lowest BCUT2D eigenvalue weighted by Gasteiger charge is -2.24. The second-order valence-electron chi connectivity index (χ2n) is 13.0. The molecule has 5 atom stereocenters. The second-order valence-corrected chi connectivity index (χ2v) is 13.0. The lowest BCUT2D eigenvalue weighted by molar-refractivity contribution is -0.209. The Hall–Kier alpha value is -5.25. The van der Waals surface area contributed by atoms with Crippen molar-refractivity contribution >= 4 is 40.7 Å². The molecule has 52 heavy (non-hydrogen) atoms. The van der Waals surface area contributed by atoms with E-state index in [9.17, 15) is 32.7 Å². The maximum absolute atomic E-state index is 13.3.